The van der Waals surface area contributed by atoms with E-state index in [-0.39, 0.29) is 17.6 Å². The zero-order chi connectivity index (χ0) is 21.6. The number of likely N-dealkylation sites (tertiary alicyclic amines) is 1. The van der Waals surface area contributed by atoms with E-state index in [0.29, 0.717) is 26.1 Å². The van der Waals surface area contributed by atoms with Gasteiger partial charge in [-0.15, -0.1) is 0 Å². The van der Waals surface area contributed by atoms with Crippen LogP contribution in [0.4, 0.5) is 0 Å². The number of hydrogen-bond donors (Lipinski definition) is 1. The highest BCUT2D eigenvalue weighted by molar-refractivity contribution is 7.89. The Balaban J connectivity index is 1.57. The van der Waals surface area contributed by atoms with Crippen LogP contribution in [0.5, 0.6) is 0 Å². The maximum Gasteiger partial charge on any atom is 0.224 e. The third kappa shape index (κ3) is 6.28. The lowest BCUT2D eigenvalue weighted by atomic mass is 9.98. The number of sulfonamides is 1. The first-order valence-electron chi connectivity index (χ1n) is 11.4. The Hall–Kier alpha value is -1.44. The Morgan fingerprint density at radius 3 is 2.57 bits per heavy atom. The summed E-state index contributed by atoms with van der Waals surface area (Å²) in [6, 6.07) is 8.32. The fourth-order valence-electron chi connectivity index (χ4n) is 4.68. The topological polar surface area (TPSA) is 69.7 Å². The molecule has 3 rings (SSSR count). The summed E-state index contributed by atoms with van der Waals surface area (Å²) in [5.74, 6) is 0.598. The molecule has 2 atom stereocenters. The lowest BCUT2D eigenvalue weighted by Crippen LogP contribution is -2.46. The lowest BCUT2D eigenvalue weighted by molar-refractivity contribution is -0.126. The molecule has 7 heteroatoms. The fourth-order valence-corrected chi connectivity index (χ4v) is 6.27. The first kappa shape index (κ1) is 23.2. The zero-order valence-electron chi connectivity index (χ0n) is 18.5. The van der Waals surface area contributed by atoms with Gasteiger partial charge in [-0.1, -0.05) is 38.1 Å². The molecule has 0 bridgehead atoms. The van der Waals surface area contributed by atoms with Gasteiger partial charge < -0.3 is 5.32 Å². The third-order valence-corrected chi connectivity index (χ3v) is 8.36. The minimum Gasteiger partial charge on any atom is -0.352 e. The van der Waals surface area contributed by atoms with Crippen LogP contribution in [0.1, 0.15) is 57.1 Å². The smallest absolute Gasteiger partial charge is 0.224 e. The molecule has 168 valence electrons. The number of carbonyl (C=O) groups is 1. The van der Waals surface area contributed by atoms with E-state index in [1.165, 1.54) is 22.7 Å². The zero-order valence-corrected chi connectivity index (χ0v) is 19.3. The van der Waals surface area contributed by atoms with Gasteiger partial charge in [-0.25, -0.2) is 12.7 Å². The van der Waals surface area contributed by atoms with Crippen LogP contribution in [0.3, 0.4) is 0 Å². The summed E-state index contributed by atoms with van der Waals surface area (Å²) >= 11 is 0. The van der Waals surface area contributed by atoms with Crippen molar-refractivity contribution in [2.45, 2.75) is 59.0 Å². The van der Waals surface area contributed by atoms with Crippen molar-refractivity contribution in [3.63, 3.8) is 0 Å². The molecule has 0 saturated carbocycles. The average Bonchev–Trinajstić information content (AvgIpc) is 2.73. The number of nitrogens with one attached hydrogen (secondary N) is 1. The van der Waals surface area contributed by atoms with Crippen LogP contribution < -0.4 is 5.32 Å². The molecule has 30 heavy (non-hydrogen) atoms. The van der Waals surface area contributed by atoms with Crippen molar-refractivity contribution in [1.29, 1.82) is 0 Å². The molecule has 2 unspecified atom stereocenters. The molecule has 2 fully saturated rings. The highest BCUT2D eigenvalue weighted by Gasteiger charge is 2.31. The van der Waals surface area contributed by atoms with E-state index in [0.717, 1.165) is 44.0 Å². The minimum absolute atomic E-state index is 0.0344. The summed E-state index contributed by atoms with van der Waals surface area (Å²) in [5, 5.41) is 3.08. The molecule has 1 N–H and O–H groups in total. The van der Waals surface area contributed by atoms with Crippen LogP contribution in [0.25, 0.3) is 0 Å². The van der Waals surface area contributed by atoms with Gasteiger partial charge in [0.15, 0.2) is 0 Å². The van der Waals surface area contributed by atoms with E-state index >= 15 is 0 Å². The van der Waals surface area contributed by atoms with Gasteiger partial charge in [-0.2, -0.15) is 0 Å². The molecular formula is C23H37N3O3S. The quantitative estimate of drug-likeness (QED) is 0.682. The molecule has 2 saturated heterocycles. The Bertz CT molecular complexity index is 812. The van der Waals surface area contributed by atoms with Crippen molar-refractivity contribution < 1.29 is 13.2 Å². The SMILES string of the molecule is CCCS(=O)(=O)N1CCCC(C(=O)NCc2ccccc2CN2CCCC(C)C2)C1. The first-order valence-corrected chi connectivity index (χ1v) is 13.0. The van der Waals surface area contributed by atoms with E-state index in [2.05, 4.69) is 35.3 Å². The summed E-state index contributed by atoms with van der Waals surface area (Å²) in [7, 11) is -3.25. The van der Waals surface area contributed by atoms with Gasteiger partial charge in [0.1, 0.15) is 0 Å². The molecule has 1 amide bonds. The predicted octanol–water partition coefficient (Wildman–Crippen LogP) is 2.99. The molecule has 1 aromatic rings. The number of nitrogens with zero attached hydrogens (tertiary/aromatic N) is 2. The van der Waals surface area contributed by atoms with Crippen molar-refractivity contribution in [3.05, 3.63) is 35.4 Å². The average molecular weight is 436 g/mol. The molecule has 1 aromatic carbocycles. The standard InChI is InChI=1S/C23H37N3O3S/c1-3-14-30(28,29)26-13-7-11-22(18-26)23(27)24-15-20-9-4-5-10-21(20)17-25-12-6-8-19(2)16-25/h4-5,9-10,19,22H,3,6-8,11-18H2,1-2H3,(H,24,27). The lowest BCUT2D eigenvalue weighted by Gasteiger charge is -2.32. The Kier molecular flexibility index (Phi) is 8.31. The Morgan fingerprint density at radius 2 is 1.83 bits per heavy atom. The van der Waals surface area contributed by atoms with Gasteiger partial charge in [0, 0.05) is 32.7 Å². The number of amides is 1. The second-order valence-corrected chi connectivity index (χ2v) is 11.1. The van der Waals surface area contributed by atoms with Crippen molar-refractivity contribution >= 4 is 15.9 Å². The molecule has 6 nitrogen and oxygen atoms in total. The van der Waals surface area contributed by atoms with Crippen LogP contribution >= 0.6 is 0 Å². The van der Waals surface area contributed by atoms with Crippen LogP contribution in [0.2, 0.25) is 0 Å². The van der Waals surface area contributed by atoms with Crippen molar-refractivity contribution in [2.24, 2.45) is 11.8 Å². The normalized spacial score (nSPS) is 23.9. The van der Waals surface area contributed by atoms with Crippen molar-refractivity contribution in [3.8, 4) is 0 Å². The van der Waals surface area contributed by atoms with Crippen LogP contribution in [-0.2, 0) is 27.9 Å². The summed E-state index contributed by atoms with van der Waals surface area (Å²) in [6.45, 7) is 8.70. The highest BCUT2D eigenvalue weighted by Crippen LogP contribution is 2.22. The maximum atomic E-state index is 12.8. The van der Waals surface area contributed by atoms with Gasteiger partial charge in [0.2, 0.25) is 15.9 Å². The van der Waals surface area contributed by atoms with Crippen LogP contribution in [-0.4, -0.2) is 55.5 Å². The van der Waals surface area contributed by atoms with E-state index < -0.39 is 10.0 Å². The molecule has 0 aromatic heterocycles. The van der Waals surface area contributed by atoms with Crippen LogP contribution in [0.15, 0.2) is 24.3 Å². The summed E-state index contributed by atoms with van der Waals surface area (Å²) in [6.07, 6.45) is 4.64. The first-order chi connectivity index (χ1) is 14.4. The third-order valence-electron chi connectivity index (χ3n) is 6.32. The largest absolute Gasteiger partial charge is 0.352 e. The maximum absolute atomic E-state index is 12.8. The summed E-state index contributed by atoms with van der Waals surface area (Å²) in [5.41, 5.74) is 2.41. The van der Waals surface area contributed by atoms with E-state index in [1.807, 2.05) is 13.0 Å². The molecule has 0 aliphatic carbocycles. The summed E-state index contributed by atoms with van der Waals surface area (Å²) < 4.78 is 26.3. The molecule has 2 heterocycles. The molecular weight excluding hydrogens is 398 g/mol. The van der Waals surface area contributed by atoms with Crippen molar-refractivity contribution in [2.75, 3.05) is 31.9 Å². The second kappa shape index (κ2) is 10.7. The van der Waals surface area contributed by atoms with Gasteiger partial charge in [0.25, 0.3) is 0 Å². The number of hydrogen-bond acceptors (Lipinski definition) is 4. The van der Waals surface area contributed by atoms with Gasteiger partial charge in [0.05, 0.1) is 11.7 Å². The van der Waals surface area contributed by atoms with E-state index in [1.54, 1.807) is 0 Å². The number of benzene rings is 1. The molecule has 0 radical (unpaired) electrons. The number of piperidine rings is 2. The van der Waals surface area contributed by atoms with Crippen LogP contribution in [0, 0.1) is 11.8 Å². The monoisotopic (exact) mass is 435 g/mol. The molecule has 2 aliphatic rings. The van der Waals surface area contributed by atoms with Crippen molar-refractivity contribution in [1.82, 2.24) is 14.5 Å². The molecule has 0 spiro atoms. The van der Waals surface area contributed by atoms with E-state index in [4.69, 9.17) is 0 Å². The summed E-state index contributed by atoms with van der Waals surface area (Å²) in [4.78, 5) is 15.3. The van der Waals surface area contributed by atoms with Gasteiger partial charge in [-0.3, -0.25) is 9.69 Å². The number of carbonyl (C=O) groups excluding carboxylic acids is 1. The van der Waals surface area contributed by atoms with Gasteiger partial charge >= 0.3 is 0 Å². The Labute approximate surface area is 182 Å². The highest BCUT2D eigenvalue weighted by atomic mass is 32.2. The Morgan fingerprint density at radius 1 is 1.10 bits per heavy atom. The second-order valence-electron chi connectivity index (χ2n) is 8.98. The fraction of sp³-hybridized carbons (Fsp3) is 0.696. The number of rotatable bonds is 8. The minimum atomic E-state index is -3.25. The van der Waals surface area contributed by atoms with Gasteiger partial charge in [-0.05, 0) is 55.7 Å². The predicted molar refractivity (Wildman–Crippen MR) is 120 cm³/mol. The van der Waals surface area contributed by atoms with E-state index in [9.17, 15) is 13.2 Å². The molecule has 2 aliphatic heterocycles.